The Kier molecular flexibility index (Phi) is 3.31. The zero-order valence-corrected chi connectivity index (χ0v) is 11.0. The minimum absolute atomic E-state index is 0.191. The van der Waals surface area contributed by atoms with Crippen LogP contribution < -0.4 is 5.73 Å². The second kappa shape index (κ2) is 4.59. The van der Waals surface area contributed by atoms with Gasteiger partial charge in [-0.25, -0.2) is 0 Å². The average molecular weight is 247 g/mol. The Morgan fingerprint density at radius 2 is 2.12 bits per heavy atom. The van der Waals surface area contributed by atoms with E-state index in [0.29, 0.717) is 12.8 Å². The van der Waals surface area contributed by atoms with Crippen LogP contribution in [0.2, 0.25) is 0 Å². The molecule has 0 saturated heterocycles. The Labute approximate surface area is 105 Å². The summed E-state index contributed by atoms with van der Waals surface area (Å²) in [6.07, 6.45) is 1.23. The van der Waals surface area contributed by atoms with Gasteiger partial charge in [0.2, 0.25) is 0 Å². The highest BCUT2D eigenvalue weighted by Gasteiger charge is 2.16. The molecule has 0 spiro atoms. The zero-order chi connectivity index (χ0) is 12.5. The molecule has 0 amide bonds. The van der Waals surface area contributed by atoms with Crippen molar-refractivity contribution in [2.45, 2.75) is 32.2 Å². The third kappa shape index (κ3) is 2.93. The summed E-state index contributed by atoms with van der Waals surface area (Å²) in [6, 6.07) is 7.93. The van der Waals surface area contributed by atoms with Gasteiger partial charge in [-0.05, 0) is 43.2 Å². The topological polar surface area (TPSA) is 43.1 Å². The highest BCUT2D eigenvalue weighted by atomic mass is 32.1. The predicted molar refractivity (Wildman–Crippen MR) is 73.7 cm³/mol. The molecule has 1 aromatic carbocycles. The van der Waals surface area contributed by atoms with E-state index in [-0.39, 0.29) is 11.3 Å². The standard InChI is InChI=1S/C14H17NOS/c1-14(2,15)8-6-12(16)11-5-3-4-10-7-9-17-13(10)11/h3-5,7,9H,6,8,15H2,1-2H3. The van der Waals surface area contributed by atoms with Crippen molar-refractivity contribution < 1.29 is 4.79 Å². The molecule has 0 aliphatic carbocycles. The van der Waals surface area contributed by atoms with Gasteiger partial charge in [-0.15, -0.1) is 11.3 Å². The molecule has 3 heteroatoms. The Morgan fingerprint density at radius 1 is 1.35 bits per heavy atom. The average Bonchev–Trinajstić information content (AvgIpc) is 2.72. The molecule has 0 aliphatic rings. The van der Waals surface area contributed by atoms with Crippen molar-refractivity contribution in [1.29, 1.82) is 0 Å². The number of benzene rings is 1. The van der Waals surface area contributed by atoms with Crippen LogP contribution in [0.25, 0.3) is 10.1 Å². The minimum atomic E-state index is -0.279. The Balaban J connectivity index is 2.22. The first-order valence-electron chi connectivity index (χ1n) is 5.76. The van der Waals surface area contributed by atoms with Crippen LogP contribution in [0, 0.1) is 0 Å². The number of ketones is 1. The molecule has 0 atom stereocenters. The van der Waals surface area contributed by atoms with Crippen molar-refractivity contribution in [3.63, 3.8) is 0 Å². The predicted octanol–water partition coefficient (Wildman–Crippen LogP) is 3.60. The summed E-state index contributed by atoms with van der Waals surface area (Å²) in [5.74, 6) is 0.191. The number of carbonyl (C=O) groups is 1. The van der Waals surface area contributed by atoms with Gasteiger partial charge >= 0.3 is 0 Å². The molecule has 17 heavy (non-hydrogen) atoms. The minimum Gasteiger partial charge on any atom is -0.326 e. The summed E-state index contributed by atoms with van der Waals surface area (Å²) in [7, 11) is 0. The second-order valence-corrected chi connectivity index (χ2v) is 5.97. The van der Waals surface area contributed by atoms with Gasteiger partial charge in [-0.3, -0.25) is 4.79 Å². The molecule has 2 aromatic rings. The number of nitrogens with two attached hydrogens (primary N) is 1. The van der Waals surface area contributed by atoms with Crippen LogP contribution in [0.15, 0.2) is 29.6 Å². The number of Topliss-reactive ketones (excluding diaryl/α,β-unsaturated/α-hetero) is 1. The van der Waals surface area contributed by atoms with Gasteiger partial charge in [0.05, 0.1) is 0 Å². The fourth-order valence-electron chi connectivity index (χ4n) is 1.78. The van der Waals surface area contributed by atoms with E-state index >= 15 is 0 Å². The SMILES string of the molecule is CC(C)(N)CCC(=O)c1cccc2ccsc12. The van der Waals surface area contributed by atoms with Crippen LogP contribution in [0.4, 0.5) is 0 Å². The molecule has 2 nitrogen and oxygen atoms in total. The molecular weight excluding hydrogens is 230 g/mol. The van der Waals surface area contributed by atoms with Crippen LogP contribution in [0.5, 0.6) is 0 Å². The summed E-state index contributed by atoms with van der Waals surface area (Å²) in [5, 5.41) is 3.17. The molecule has 0 radical (unpaired) electrons. The van der Waals surface area contributed by atoms with Gasteiger partial charge in [0.25, 0.3) is 0 Å². The van der Waals surface area contributed by atoms with Gasteiger partial charge in [-0.2, -0.15) is 0 Å². The van der Waals surface area contributed by atoms with E-state index in [0.717, 1.165) is 15.6 Å². The molecule has 2 N–H and O–H groups in total. The summed E-state index contributed by atoms with van der Waals surface area (Å²) < 4.78 is 1.09. The summed E-state index contributed by atoms with van der Waals surface area (Å²) in [4.78, 5) is 12.2. The molecule has 0 bridgehead atoms. The number of hydrogen-bond donors (Lipinski definition) is 1. The summed E-state index contributed by atoms with van der Waals surface area (Å²) in [5.41, 5.74) is 6.46. The maximum atomic E-state index is 12.2. The van der Waals surface area contributed by atoms with Crippen molar-refractivity contribution in [3.05, 3.63) is 35.2 Å². The lowest BCUT2D eigenvalue weighted by atomic mass is 9.96. The van der Waals surface area contributed by atoms with E-state index in [1.807, 2.05) is 43.5 Å². The smallest absolute Gasteiger partial charge is 0.164 e. The van der Waals surface area contributed by atoms with Crippen molar-refractivity contribution >= 4 is 27.2 Å². The van der Waals surface area contributed by atoms with Gasteiger partial charge in [0.15, 0.2) is 5.78 Å². The van der Waals surface area contributed by atoms with E-state index in [1.165, 1.54) is 0 Å². The molecule has 0 unspecified atom stereocenters. The van der Waals surface area contributed by atoms with E-state index in [1.54, 1.807) is 11.3 Å². The van der Waals surface area contributed by atoms with E-state index < -0.39 is 0 Å². The van der Waals surface area contributed by atoms with Crippen LogP contribution in [0.1, 0.15) is 37.0 Å². The molecule has 2 rings (SSSR count). The summed E-state index contributed by atoms with van der Waals surface area (Å²) >= 11 is 1.62. The van der Waals surface area contributed by atoms with Crippen molar-refractivity contribution in [3.8, 4) is 0 Å². The third-order valence-electron chi connectivity index (χ3n) is 2.78. The Bertz CT molecular complexity index is 536. The highest BCUT2D eigenvalue weighted by molar-refractivity contribution is 7.17. The molecular formula is C14H17NOS. The molecule has 0 aliphatic heterocycles. The number of fused-ring (bicyclic) bond motifs is 1. The largest absolute Gasteiger partial charge is 0.326 e. The lowest BCUT2D eigenvalue weighted by Crippen LogP contribution is -2.32. The zero-order valence-electron chi connectivity index (χ0n) is 10.2. The first-order chi connectivity index (χ1) is 7.97. The van der Waals surface area contributed by atoms with E-state index in [4.69, 9.17) is 5.73 Å². The number of carbonyl (C=O) groups excluding carboxylic acids is 1. The molecule has 0 saturated carbocycles. The molecule has 1 aromatic heterocycles. The van der Waals surface area contributed by atoms with Crippen molar-refractivity contribution in [2.24, 2.45) is 5.73 Å². The molecule has 0 fully saturated rings. The van der Waals surface area contributed by atoms with Gasteiger partial charge < -0.3 is 5.73 Å². The first-order valence-corrected chi connectivity index (χ1v) is 6.64. The Morgan fingerprint density at radius 3 is 2.82 bits per heavy atom. The van der Waals surface area contributed by atoms with Crippen molar-refractivity contribution in [1.82, 2.24) is 0 Å². The van der Waals surface area contributed by atoms with E-state index in [9.17, 15) is 4.79 Å². The van der Waals surface area contributed by atoms with E-state index in [2.05, 4.69) is 0 Å². The van der Waals surface area contributed by atoms with Crippen LogP contribution >= 0.6 is 11.3 Å². The lowest BCUT2D eigenvalue weighted by Gasteiger charge is -2.17. The van der Waals surface area contributed by atoms with Crippen LogP contribution in [-0.4, -0.2) is 11.3 Å². The van der Waals surface area contributed by atoms with Gasteiger partial charge in [-0.1, -0.05) is 12.1 Å². The van der Waals surface area contributed by atoms with Crippen LogP contribution in [-0.2, 0) is 0 Å². The van der Waals surface area contributed by atoms with Gasteiger partial charge in [0, 0.05) is 22.2 Å². The maximum Gasteiger partial charge on any atom is 0.164 e. The summed E-state index contributed by atoms with van der Waals surface area (Å²) in [6.45, 7) is 3.90. The first kappa shape index (κ1) is 12.3. The molecule has 1 heterocycles. The normalized spacial score (nSPS) is 11.9. The monoisotopic (exact) mass is 247 g/mol. The van der Waals surface area contributed by atoms with Crippen LogP contribution in [0.3, 0.4) is 0 Å². The maximum absolute atomic E-state index is 12.2. The number of rotatable bonds is 4. The fraction of sp³-hybridized carbons (Fsp3) is 0.357. The number of hydrogen-bond acceptors (Lipinski definition) is 3. The van der Waals surface area contributed by atoms with Crippen molar-refractivity contribution in [2.75, 3.05) is 0 Å². The third-order valence-corrected chi connectivity index (χ3v) is 3.74. The van der Waals surface area contributed by atoms with Gasteiger partial charge in [0.1, 0.15) is 0 Å². The quantitative estimate of drug-likeness (QED) is 0.839. The fourth-order valence-corrected chi connectivity index (χ4v) is 2.71. The lowest BCUT2D eigenvalue weighted by molar-refractivity contribution is 0.0974. The second-order valence-electron chi connectivity index (χ2n) is 5.06. The Hall–Kier alpha value is -1.19. The number of thiophene rings is 1. The molecule has 90 valence electrons. The highest BCUT2D eigenvalue weighted by Crippen LogP contribution is 2.26.